The minimum Gasteiger partial charge on any atom is -0.467 e. The number of furan rings is 1. The van der Waals surface area contributed by atoms with Crippen molar-refractivity contribution in [3.05, 3.63) is 24.2 Å². The van der Waals surface area contributed by atoms with Gasteiger partial charge in [0.05, 0.1) is 18.4 Å². The second-order valence-electron chi connectivity index (χ2n) is 5.63. The second kappa shape index (κ2) is 7.47. The Morgan fingerprint density at radius 2 is 2.29 bits per heavy atom. The first-order chi connectivity index (χ1) is 10.1. The number of aliphatic hydroxyl groups excluding tert-OH is 1. The minimum absolute atomic E-state index is 0.0188. The molecule has 0 aliphatic carbocycles. The standard InChI is InChI=1S/C15H24N2O4/c1-10(9-12(18)14-6-4-8-21-14)16-15(19)17-11(2)13-5-3-7-20-13/h4,6,8,10-13,18H,3,5,7,9H2,1-2H3,(H2,16,17,19). The van der Waals surface area contributed by atoms with E-state index < -0.39 is 6.10 Å². The Morgan fingerprint density at radius 3 is 2.90 bits per heavy atom. The summed E-state index contributed by atoms with van der Waals surface area (Å²) in [5.74, 6) is 0.511. The van der Waals surface area contributed by atoms with Gasteiger partial charge in [0.25, 0.3) is 0 Å². The summed E-state index contributed by atoms with van der Waals surface area (Å²) in [6.07, 6.45) is 3.32. The first kappa shape index (κ1) is 15.9. The van der Waals surface area contributed by atoms with E-state index in [9.17, 15) is 9.90 Å². The van der Waals surface area contributed by atoms with Gasteiger partial charge in [0.2, 0.25) is 0 Å². The van der Waals surface area contributed by atoms with Gasteiger partial charge in [0, 0.05) is 19.1 Å². The van der Waals surface area contributed by atoms with Crippen LogP contribution in [-0.2, 0) is 4.74 Å². The van der Waals surface area contributed by atoms with Crippen LogP contribution in [-0.4, -0.2) is 35.9 Å². The number of carbonyl (C=O) groups is 1. The van der Waals surface area contributed by atoms with Crippen molar-refractivity contribution >= 4 is 6.03 Å². The zero-order valence-electron chi connectivity index (χ0n) is 12.5. The molecule has 4 unspecified atom stereocenters. The Hall–Kier alpha value is -1.53. The van der Waals surface area contributed by atoms with E-state index in [0.29, 0.717) is 12.2 Å². The number of carbonyl (C=O) groups excluding carboxylic acids is 1. The van der Waals surface area contributed by atoms with Gasteiger partial charge in [-0.15, -0.1) is 0 Å². The van der Waals surface area contributed by atoms with Crippen LogP contribution < -0.4 is 10.6 Å². The zero-order valence-corrected chi connectivity index (χ0v) is 12.5. The lowest BCUT2D eigenvalue weighted by atomic mass is 10.1. The van der Waals surface area contributed by atoms with Gasteiger partial charge in [-0.3, -0.25) is 0 Å². The van der Waals surface area contributed by atoms with E-state index in [4.69, 9.17) is 9.15 Å². The molecule has 21 heavy (non-hydrogen) atoms. The number of hydrogen-bond acceptors (Lipinski definition) is 4. The topological polar surface area (TPSA) is 83.7 Å². The number of amides is 2. The Labute approximate surface area is 124 Å². The van der Waals surface area contributed by atoms with E-state index >= 15 is 0 Å². The smallest absolute Gasteiger partial charge is 0.315 e. The van der Waals surface area contributed by atoms with E-state index in [-0.39, 0.29) is 24.2 Å². The highest BCUT2D eigenvalue weighted by Gasteiger charge is 2.24. The van der Waals surface area contributed by atoms with Crippen molar-refractivity contribution in [3.8, 4) is 0 Å². The normalized spacial score (nSPS) is 22.5. The highest BCUT2D eigenvalue weighted by molar-refractivity contribution is 5.74. The summed E-state index contributed by atoms with van der Waals surface area (Å²) >= 11 is 0. The Bertz CT molecular complexity index is 429. The van der Waals surface area contributed by atoms with Crippen molar-refractivity contribution in [1.82, 2.24) is 10.6 Å². The van der Waals surface area contributed by atoms with Crippen LogP contribution in [0, 0.1) is 0 Å². The van der Waals surface area contributed by atoms with Crippen LogP contribution in [0.1, 0.15) is 45.0 Å². The van der Waals surface area contributed by atoms with E-state index in [0.717, 1.165) is 19.4 Å². The Kier molecular flexibility index (Phi) is 5.64. The maximum Gasteiger partial charge on any atom is 0.315 e. The number of ether oxygens (including phenoxy) is 1. The molecule has 1 aliphatic heterocycles. The van der Waals surface area contributed by atoms with Crippen molar-refractivity contribution in [3.63, 3.8) is 0 Å². The molecule has 2 rings (SSSR count). The fourth-order valence-electron chi connectivity index (χ4n) is 2.55. The molecule has 0 radical (unpaired) electrons. The molecule has 1 aromatic heterocycles. The monoisotopic (exact) mass is 296 g/mol. The van der Waals surface area contributed by atoms with Gasteiger partial charge in [-0.1, -0.05) is 0 Å². The van der Waals surface area contributed by atoms with Gasteiger partial charge in [-0.05, 0) is 38.8 Å². The average molecular weight is 296 g/mol. The quantitative estimate of drug-likeness (QED) is 0.749. The SMILES string of the molecule is CC(CC(O)c1ccco1)NC(=O)NC(C)C1CCCO1. The summed E-state index contributed by atoms with van der Waals surface area (Å²) in [4.78, 5) is 11.9. The van der Waals surface area contributed by atoms with Crippen LogP contribution in [0.3, 0.4) is 0 Å². The molecule has 3 N–H and O–H groups in total. The van der Waals surface area contributed by atoms with Crippen LogP contribution in [0.4, 0.5) is 4.79 Å². The van der Waals surface area contributed by atoms with Crippen LogP contribution in [0.5, 0.6) is 0 Å². The van der Waals surface area contributed by atoms with E-state index in [1.54, 1.807) is 12.1 Å². The number of nitrogens with one attached hydrogen (secondary N) is 2. The lowest BCUT2D eigenvalue weighted by Gasteiger charge is -2.22. The number of urea groups is 1. The maximum atomic E-state index is 11.9. The molecule has 4 atom stereocenters. The fraction of sp³-hybridized carbons (Fsp3) is 0.667. The molecule has 1 saturated heterocycles. The van der Waals surface area contributed by atoms with Gasteiger partial charge < -0.3 is 24.9 Å². The lowest BCUT2D eigenvalue weighted by molar-refractivity contribution is 0.0854. The third kappa shape index (κ3) is 4.75. The molecule has 6 nitrogen and oxygen atoms in total. The second-order valence-corrected chi connectivity index (χ2v) is 5.63. The van der Waals surface area contributed by atoms with Gasteiger partial charge in [-0.2, -0.15) is 0 Å². The first-order valence-corrected chi connectivity index (χ1v) is 7.46. The highest BCUT2D eigenvalue weighted by atomic mass is 16.5. The van der Waals surface area contributed by atoms with Crippen LogP contribution >= 0.6 is 0 Å². The summed E-state index contributed by atoms with van der Waals surface area (Å²) in [5, 5.41) is 15.7. The summed E-state index contributed by atoms with van der Waals surface area (Å²) in [6, 6.07) is 3.03. The van der Waals surface area contributed by atoms with Crippen LogP contribution in [0.15, 0.2) is 22.8 Å². The van der Waals surface area contributed by atoms with Crippen LogP contribution in [0.25, 0.3) is 0 Å². The molecule has 0 saturated carbocycles. The molecular weight excluding hydrogens is 272 g/mol. The molecule has 1 aliphatic rings. The zero-order chi connectivity index (χ0) is 15.2. The lowest BCUT2D eigenvalue weighted by Crippen LogP contribution is -2.48. The molecule has 1 fully saturated rings. The summed E-state index contributed by atoms with van der Waals surface area (Å²) < 4.78 is 10.7. The molecule has 0 bridgehead atoms. The van der Waals surface area contributed by atoms with Crippen molar-refractivity contribution in [2.24, 2.45) is 0 Å². The van der Waals surface area contributed by atoms with Gasteiger partial charge in [0.1, 0.15) is 11.9 Å². The summed E-state index contributed by atoms with van der Waals surface area (Å²) in [5.41, 5.74) is 0. The molecule has 0 spiro atoms. The summed E-state index contributed by atoms with van der Waals surface area (Å²) in [7, 11) is 0. The van der Waals surface area contributed by atoms with E-state index in [1.165, 1.54) is 6.26 Å². The van der Waals surface area contributed by atoms with Gasteiger partial charge >= 0.3 is 6.03 Å². The van der Waals surface area contributed by atoms with Crippen molar-refractivity contribution in [2.45, 2.75) is 57.4 Å². The average Bonchev–Trinajstić information content (AvgIpc) is 3.12. The predicted molar refractivity (Wildman–Crippen MR) is 77.9 cm³/mol. The summed E-state index contributed by atoms with van der Waals surface area (Å²) in [6.45, 7) is 4.56. The van der Waals surface area contributed by atoms with E-state index in [2.05, 4.69) is 10.6 Å². The number of aliphatic hydroxyl groups is 1. The molecule has 2 heterocycles. The molecule has 6 heteroatoms. The molecule has 1 aromatic rings. The predicted octanol–water partition coefficient (Wildman–Crippen LogP) is 1.96. The van der Waals surface area contributed by atoms with Gasteiger partial charge in [0.15, 0.2) is 0 Å². The number of hydrogen-bond donors (Lipinski definition) is 3. The largest absolute Gasteiger partial charge is 0.467 e. The Morgan fingerprint density at radius 1 is 1.48 bits per heavy atom. The molecule has 0 aromatic carbocycles. The van der Waals surface area contributed by atoms with Crippen molar-refractivity contribution in [2.75, 3.05) is 6.61 Å². The van der Waals surface area contributed by atoms with Gasteiger partial charge in [-0.25, -0.2) is 4.79 Å². The Balaban J connectivity index is 1.71. The molecule has 118 valence electrons. The first-order valence-electron chi connectivity index (χ1n) is 7.46. The molecule has 2 amide bonds. The van der Waals surface area contributed by atoms with Crippen molar-refractivity contribution in [1.29, 1.82) is 0 Å². The fourth-order valence-corrected chi connectivity index (χ4v) is 2.55. The third-order valence-corrected chi connectivity index (χ3v) is 3.71. The number of rotatable bonds is 6. The van der Waals surface area contributed by atoms with Crippen molar-refractivity contribution < 1.29 is 19.1 Å². The maximum absolute atomic E-state index is 11.9. The minimum atomic E-state index is -0.717. The highest BCUT2D eigenvalue weighted by Crippen LogP contribution is 2.18. The van der Waals surface area contributed by atoms with E-state index in [1.807, 2.05) is 13.8 Å². The molecular formula is C15H24N2O4. The van der Waals surface area contributed by atoms with Crippen LogP contribution in [0.2, 0.25) is 0 Å². The third-order valence-electron chi connectivity index (χ3n) is 3.71.